The van der Waals surface area contributed by atoms with Crippen LogP contribution in [0.1, 0.15) is 40.7 Å². The number of anilines is 1. The summed E-state index contributed by atoms with van der Waals surface area (Å²) in [6, 6.07) is 12.3. The molecule has 0 saturated carbocycles. The summed E-state index contributed by atoms with van der Waals surface area (Å²) in [5.41, 5.74) is 5.58. The second-order valence-electron chi connectivity index (χ2n) is 11.0. The molecular weight excluding hydrogens is 540 g/mol. The fourth-order valence-electron chi connectivity index (χ4n) is 6.64. The molecule has 1 spiro atoms. The fraction of sp³-hybridized carbons (Fsp3) is 0.367. The quantitative estimate of drug-likeness (QED) is 0.414. The van der Waals surface area contributed by atoms with Gasteiger partial charge in [-0.15, -0.1) is 0 Å². The average molecular weight is 568 g/mol. The Balaban J connectivity index is 1.44. The summed E-state index contributed by atoms with van der Waals surface area (Å²) in [6.07, 6.45) is 2.66. The first kappa shape index (κ1) is 25.6. The van der Waals surface area contributed by atoms with Crippen molar-refractivity contribution in [2.24, 2.45) is 5.73 Å². The fourth-order valence-corrected chi connectivity index (χ4v) is 6.90. The Hall–Kier alpha value is -3.40. The van der Waals surface area contributed by atoms with E-state index in [1.54, 1.807) is 0 Å². The lowest BCUT2D eigenvalue weighted by Crippen LogP contribution is -2.48. The summed E-state index contributed by atoms with van der Waals surface area (Å²) in [4.78, 5) is 12.7. The van der Waals surface area contributed by atoms with Gasteiger partial charge in [0, 0.05) is 35.6 Å². The zero-order chi connectivity index (χ0) is 27.6. The van der Waals surface area contributed by atoms with Gasteiger partial charge in [-0.05, 0) is 31.0 Å². The number of amides is 1. The molecule has 0 bridgehead atoms. The van der Waals surface area contributed by atoms with Gasteiger partial charge in [0.05, 0.1) is 42.1 Å². The molecule has 40 heavy (non-hydrogen) atoms. The van der Waals surface area contributed by atoms with Gasteiger partial charge in [-0.1, -0.05) is 41.9 Å². The lowest BCUT2D eigenvalue weighted by Gasteiger charge is -2.36. The van der Waals surface area contributed by atoms with Crippen LogP contribution in [0.3, 0.4) is 0 Å². The minimum absolute atomic E-state index is 0.0486. The van der Waals surface area contributed by atoms with Crippen LogP contribution in [0.2, 0.25) is 5.02 Å². The lowest BCUT2D eigenvalue weighted by molar-refractivity contribution is 0.0523. The molecule has 1 amide bonds. The molecule has 3 aromatic carbocycles. The zero-order valence-corrected chi connectivity index (χ0v) is 22.4. The molecule has 2 saturated heterocycles. The van der Waals surface area contributed by atoms with Gasteiger partial charge in [-0.25, -0.2) is 8.78 Å². The Bertz CT molecular complexity index is 1520. The largest absolute Gasteiger partial charge is 0.480 e. The predicted molar refractivity (Wildman–Crippen MR) is 146 cm³/mol. The maximum atomic E-state index is 16.6. The highest BCUT2D eigenvalue weighted by molar-refractivity contribution is 6.34. The minimum atomic E-state index is -0.882. The molecule has 4 aliphatic heterocycles. The summed E-state index contributed by atoms with van der Waals surface area (Å²) in [5, 5.41) is 6.39. The molecule has 208 valence electrons. The number of carbonyl (C=O) groups is 1. The van der Waals surface area contributed by atoms with Crippen molar-refractivity contribution in [1.82, 2.24) is 5.32 Å². The molecule has 0 aromatic heterocycles. The van der Waals surface area contributed by atoms with E-state index in [4.69, 9.17) is 31.5 Å². The molecule has 7 nitrogen and oxygen atoms in total. The monoisotopic (exact) mass is 567 g/mol. The lowest BCUT2D eigenvalue weighted by atomic mass is 9.80. The number of hydrogen-bond acceptors (Lipinski definition) is 6. The van der Waals surface area contributed by atoms with E-state index in [9.17, 15) is 4.79 Å². The van der Waals surface area contributed by atoms with E-state index in [0.717, 1.165) is 24.9 Å². The van der Waals surface area contributed by atoms with Crippen molar-refractivity contribution in [2.45, 2.75) is 42.9 Å². The van der Waals surface area contributed by atoms with Crippen LogP contribution in [0, 0.1) is 11.6 Å². The van der Waals surface area contributed by atoms with E-state index >= 15 is 8.78 Å². The first-order valence-electron chi connectivity index (χ1n) is 13.5. The van der Waals surface area contributed by atoms with Crippen molar-refractivity contribution in [3.63, 3.8) is 0 Å². The second-order valence-corrected chi connectivity index (χ2v) is 11.4. The van der Waals surface area contributed by atoms with Crippen molar-refractivity contribution >= 4 is 23.2 Å². The van der Waals surface area contributed by atoms with Crippen LogP contribution in [0.25, 0.3) is 11.1 Å². The molecule has 7 rings (SSSR count). The summed E-state index contributed by atoms with van der Waals surface area (Å²) in [6.45, 7) is 1.99. The van der Waals surface area contributed by atoms with Gasteiger partial charge in [-0.2, -0.15) is 0 Å². The van der Waals surface area contributed by atoms with Gasteiger partial charge in [0.15, 0.2) is 22.8 Å². The van der Waals surface area contributed by atoms with Gasteiger partial charge in [0.2, 0.25) is 5.91 Å². The number of carbonyl (C=O) groups excluding carboxylic acids is 1. The Kier molecular flexibility index (Phi) is 5.96. The van der Waals surface area contributed by atoms with E-state index in [0.29, 0.717) is 37.4 Å². The van der Waals surface area contributed by atoms with E-state index < -0.39 is 28.7 Å². The molecule has 4 aliphatic rings. The summed E-state index contributed by atoms with van der Waals surface area (Å²) in [5.74, 6) is -2.32. The predicted octanol–water partition coefficient (Wildman–Crippen LogP) is 4.93. The smallest absolute Gasteiger partial charge is 0.249 e. The van der Waals surface area contributed by atoms with E-state index in [-0.39, 0.29) is 45.7 Å². The Morgan fingerprint density at radius 2 is 1.95 bits per heavy atom. The number of benzene rings is 3. The maximum Gasteiger partial charge on any atom is 0.249 e. The number of nitrogens with one attached hydrogen (secondary N) is 2. The third-order valence-electron chi connectivity index (χ3n) is 8.63. The number of nitrogens with two attached hydrogens (primary N) is 1. The minimum Gasteiger partial charge on any atom is -0.480 e. The highest BCUT2D eigenvalue weighted by Crippen LogP contribution is 2.53. The zero-order valence-electron chi connectivity index (χ0n) is 21.6. The van der Waals surface area contributed by atoms with Gasteiger partial charge in [0.25, 0.3) is 0 Å². The van der Waals surface area contributed by atoms with Crippen LogP contribution in [-0.2, 0) is 16.8 Å². The molecular formula is C30H28ClF2N3O4. The number of hydrogen-bond donors (Lipinski definition) is 3. The second kappa shape index (κ2) is 9.33. The van der Waals surface area contributed by atoms with Gasteiger partial charge < -0.3 is 30.6 Å². The molecule has 1 unspecified atom stereocenters. The van der Waals surface area contributed by atoms with Crippen molar-refractivity contribution in [3.8, 4) is 22.6 Å². The van der Waals surface area contributed by atoms with E-state index in [2.05, 4.69) is 10.6 Å². The molecule has 0 radical (unpaired) electrons. The maximum absolute atomic E-state index is 16.6. The SMILES string of the molecule is NC(=O)c1cc2c(c(F)c1-c1c(Cl)c(F)cc3c1C[C@](c1ccccc1)([C@@H]1CCCN1)O3)OC1(CCOC1)CN2. The Morgan fingerprint density at radius 3 is 2.65 bits per heavy atom. The molecule has 3 atom stereocenters. The van der Waals surface area contributed by atoms with E-state index in [1.807, 2.05) is 30.3 Å². The molecule has 3 aromatic rings. The number of halogens is 3. The molecule has 10 heteroatoms. The van der Waals surface area contributed by atoms with Crippen molar-refractivity contribution in [1.29, 1.82) is 0 Å². The summed E-state index contributed by atoms with van der Waals surface area (Å²) < 4.78 is 50.5. The molecule has 0 aliphatic carbocycles. The number of fused-ring (bicyclic) bond motifs is 2. The van der Waals surface area contributed by atoms with Gasteiger partial charge in [-0.3, -0.25) is 4.79 Å². The van der Waals surface area contributed by atoms with Crippen molar-refractivity contribution < 1.29 is 27.8 Å². The highest BCUT2D eigenvalue weighted by Gasteiger charge is 2.50. The van der Waals surface area contributed by atoms with E-state index in [1.165, 1.54) is 12.1 Å². The molecule has 2 fully saturated rings. The van der Waals surface area contributed by atoms with Crippen molar-refractivity contribution in [2.75, 3.05) is 31.6 Å². The van der Waals surface area contributed by atoms with Crippen molar-refractivity contribution in [3.05, 3.63) is 75.8 Å². The third-order valence-corrected chi connectivity index (χ3v) is 9.00. The van der Waals surface area contributed by atoms with Crippen LogP contribution in [0.4, 0.5) is 14.5 Å². The summed E-state index contributed by atoms with van der Waals surface area (Å²) in [7, 11) is 0. The first-order valence-corrected chi connectivity index (χ1v) is 13.9. The number of ether oxygens (including phenoxy) is 3. The Labute approximate surface area is 234 Å². The normalized spacial score (nSPS) is 26.6. The molecule has 4 heterocycles. The van der Waals surface area contributed by atoms with Crippen LogP contribution < -0.4 is 25.8 Å². The van der Waals surface area contributed by atoms with Crippen LogP contribution in [-0.4, -0.2) is 43.9 Å². The van der Waals surface area contributed by atoms with Gasteiger partial charge >= 0.3 is 0 Å². The number of primary amides is 1. The topological polar surface area (TPSA) is 94.8 Å². The Morgan fingerprint density at radius 1 is 1.12 bits per heavy atom. The molecule has 4 N–H and O–H groups in total. The van der Waals surface area contributed by atoms with Crippen LogP contribution in [0.5, 0.6) is 11.5 Å². The highest BCUT2D eigenvalue weighted by atomic mass is 35.5. The van der Waals surface area contributed by atoms with Crippen LogP contribution in [0.15, 0.2) is 42.5 Å². The first-order chi connectivity index (χ1) is 19.3. The standard InChI is InChI=1S/C30H28ClF2N3O4/c31-25-19(32)12-21-18(13-30(39-21,22-7-4-9-35-22)16-5-2-1-3-6-16)23(25)24-17(28(34)37)11-20-27(26(24)33)40-29(14-36-20)8-10-38-15-29/h1-3,5-6,11-12,22,35-36H,4,7-10,13-15H2,(H2,34,37)/t22-,29?,30-/m0/s1. The average Bonchev–Trinajstić information content (AvgIpc) is 3.72. The van der Waals surface area contributed by atoms with Gasteiger partial charge in [0.1, 0.15) is 11.6 Å². The third kappa shape index (κ3) is 3.78. The van der Waals surface area contributed by atoms with Crippen LogP contribution >= 0.6 is 11.6 Å². The number of rotatable bonds is 4. The summed E-state index contributed by atoms with van der Waals surface area (Å²) >= 11 is 6.62.